The predicted molar refractivity (Wildman–Crippen MR) is 186 cm³/mol. The first kappa shape index (κ1) is 25.7. The smallest absolute Gasteiger partial charge is 0.151 e. The van der Waals surface area contributed by atoms with Gasteiger partial charge >= 0.3 is 0 Å². The molecule has 8 aromatic rings. The Balaban J connectivity index is 1.10. The number of rotatable bonds is 3. The Labute approximate surface area is 270 Å². The first-order chi connectivity index (χ1) is 23.3. The summed E-state index contributed by atoms with van der Waals surface area (Å²) in [6.07, 6.45) is 0. The lowest BCUT2D eigenvalue weighted by Gasteiger charge is -2.33. The van der Waals surface area contributed by atoms with Gasteiger partial charge in [-0.25, -0.2) is 0 Å². The summed E-state index contributed by atoms with van der Waals surface area (Å²) in [4.78, 5) is 6.22. The van der Waals surface area contributed by atoms with E-state index in [1.54, 1.807) is 4.80 Å². The van der Waals surface area contributed by atoms with Gasteiger partial charge in [-0.3, -0.25) is 0 Å². The van der Waals surface area contributed by atoms with Crippen LogP contribution in [0.5, 0.6) is 23.0 Å². The largest absolute Gasteiger partial charge is 0.453 e. The van der Waals surface area contributed by atoms with Gasteiger partial charge in [-0.15, -0.1) is 10.2 Å². The van der Waals surface area contributed by atoms with Crippen molar-refractivity contribution in [1.29, 1.82) is 0 Å². The van der Waals surface area contributed by atoms with E-state index < -0.39 is 0 Å². The maximum absolute atomic E-state index is 6.30. The van der Waals surface area contributed by atoms with Gasteiger partial charge in [0.15, 0.2) is 23.0 Å². The molecule has 10 rings (SSSR count). The molecule has 0 amide bonds. The van der Waals surface area contributed by atoms with Crippen molar-refractivity contribution in [3.8, 4) is 28.7 Å². The van der Waals surface area contributed by atoms with Crippen LogP contribution in [0, 0.1) is 0 Å². The topological polar surface area (TPSA) is 55.7 Å². The molecular formula is C40H25N5O2. The van der Waals surface area contributed by atoms with Gasteiger partial charge in [0.25, 0.3) is 0 Å². The SMILES string of the molecule is c1ccc2c(c1)Oc1ccccc1N2c1ccc(-n2nc3cc(N4c5ccccc5Oc5ccccc54)c4ccccc4c3n2)cc1. The Morgan fingerprint density at radius 3 is 1.38 bits per heavy atom. The average Bonchev–Trinajstić information content (AvgIpc) is 3.57. The van der Waals surface area contributed by atoms with Crippen LogP contribution in [0.1, 0.15) is 0 Å². The standard InChI is InChI=1S/C40H25N5O2/c1-2-12-29-28(11-1)35(44-33-15-5-9-19-38(33)47-39-20-10-6-16-34(39)44)25-30-40(29)42-45(41-30)27-23-21-26(22-24-27)43-31-13-3-7-17-36(31)46-37-18-8-4-14-32(37)43/h1-25H. The molecular weight excluding hydrogens is 582 g/mol. The van der Waals surface area contributed by atoms with Crippen LogP contribution in [-0.2, 0) is 0 Å². The molecule has 0 N–H and O–H groups in total. The van der Waals surface area contributed by atoms with Crippen molar-refractivity contribution in [1.82, 2.24) is 15.0 Å². The van der Waals surface area contributed by atoms with Gasteiger partial charge < -0.3 is 19.3 Å². The Bertz CT molecular complexity index is 2410. The van der Waals surface area contributed by atoms with Crippen molar-refractivity contribution in [3.63, 3.8) is 0 Å². The molecule has 7 heteroatoms. The molecule has 0 saturated carbocycles. The molecule has 1 aromatic heterocycles. The number of fused-ring (bicyclic) bond motifs is 7. The van der Waals surface area contributed by atoms with Gasteiger partial charge in [-0.2, -0.15) is 4.80 Å². The van der Waals surface area contributed by atoms with E-state index in [4.69, 9.17) is 19.7 Å². The minimum absolute atomic E-state index is 0.806. The second-order valence-corrected chi connectivity index (χ2v) is 11.6. The van der Waals surface area contributed by atoms with Crippen molar-refractivity contribution in [2.75, 3.05) is 9.80 Å². The molecule has 0 atom stereocenters. The van der Waals surface area contributed by atoms with Gasteiger partial charge in [-0.05, 0) is 78.9 Å². The number of hydrogen-bond acceptors (Lipinski definition) is 6. The van der Waals surface area contributed by atoms with Gasteiger partial charge in [0.05, 0.1) is 34.1 Å². The lowest BCUT2D eigenvalue weighted by molar-refractivity contribution is 0.477. The molecule has 3 heterocycles. The molecule has 0 bridgehead atoms. The highest BCUT2D eigenvalue weighted by Gasteiger charge is 2.28. The van der Waals surface area contributed by atoms with E-state index in [0.717, 1.165) is 84.6 Å². The van der Waals surface area contributed by atoms with Crippen molar-refractivity contribution < 1.29 is 9.47 Å². The fraction of sp³-hybridized carbons (Fsp3) is 0. The molecule has 0 unspecified atom stereocenters. The molecule has 47 heavy (non-hydrogen) atoms. The van der Waals surface area contributed by atoms with E-state index >= 15 is 0 Å². The van der Waals surface area contributed by atoms with Crippen LogP contribution < -0.4 is 19.3 Å². The molecule has 0 fully saturated rings. The third kappa shape index (κ3) is 3.93. The Morgan fingerprint density at radius 2 is 0.830 bits per heavy atom. The molecule has 7 nitrogen and oxygen atoms in total. The first-order valence-electron chi connectivity index (χ1n) is 15.5. The third-order valence-electron chi connectivity index (χ3n) is 8.82. The van der Waals surface area contributed by atoms with Crippen LogP contribution in [0.2, 0.25) is 0 Å². The number of hydrogen-bond donors (Lipinski definition) is 0. The first-order valence-corrected chi connectivity index (χ1v) is 15.5. The summed E-state index contributed by atoms with van der Waals surface area (Å²) in [7, 11) is 0. The van der Waals surface area contributed by atoms with E-state index in [9.17, 15) is 0 Å². The molecule has 222 valence electrons. The van der Waals surface area contributed by atoms with Crippen molar-refractivity contribution in [2.24, 2.45) is 0 Å². The lowest BCUT2D eigenvalue weighted by atomic mass is 10.0. The van der Waals surface area contributed by atoms with Gasteiger partial charge in [-0.1, -0.05) is 72.8 Å². The Kier molecular flexibility index (Phi) is 5.44. The zero-order chi connectivity index (χ0) is 30.9. The summed E-state index contributed by atoms with van der Waals surface area (Å²) < 4.78 is 12.5. The second kappa shape index (κ2) is 9.95. The fourth-order valence-electron chi connectivity index (χ4n) is 6.71. The molecule has 2 aliphatic rings. The van der Waals surface area contributed by atoms with Crippen molar-refractivity contribution in [3.05, 3.63) is 152 Å². The van der Waals surface area contributed by atoms with Gasteiger partial charge in [0.2, 0.25) is 0 Å². The summed E-state index contributed by atoms with van der Waals surface area (Å²) in [5.41, 5.74) is 8.50. The number of ether oxygens (including phenoxy) is 2. The summed E-state index contributed by atoms with van der Waals surface area (Å²) in [6, 6.07) is 51.3. The maximum Gasteiger partial charge on any atom is 0.151 e. The number of nitrogens with zero attached hydrogens (tertiary/aromatic N) is 5. The fourth-order valence-corrected chi connectivity index (χ4v) is 6.71. The van der Waals surface area contributed by atoms with E-state index in [0.29, 0.717) is 0 Å². The van der Waals surface area contributed by atoms with Crippen LogP contribution in [-0.4, -0.2) is 15.0 Å². The van der Waals surface area contributed by atoms with E-state index in [1.807, 2.05) is 72.8 Å². The summed E-state index contributed by atoms with van der Waals surface area (Å²) in [5, 5.41) is 12.2. The monoisotopic (exact) mass is 607 g/mol. The Morgan fingerprint density at radius 1 is 0.383 bits per heavy atom. The molecule has 0 spiro atoms. The third-order valence-corrected chi connectivity index (χ3v) is 8.82. The Hall–Kier alpha value is -6.60. The summed E-state index contributed by atoms with van der Waals surface area (Å²) in [6.45, 7) is 0. The highest BCUT2D eigenvalue weighted by atomic mass is 16.5. The minimum Gasteiger partial charge on any atom is -0.453 e. The number of aromatic nitrogens is 3. The second-order valence-electron chi connectivity index (χ2n) is 11.6. The van der Waals surface area contributed by atoms with Crippen molar-refractivity contribution in [2.45, 2.75) is 0 Å². The zero-order valence-electron chi connectivity index (χ0n) is 25.0. The van der Waals surface area contributed by atoms with Gasteiger partial charge in [0.1, 0.15) is 11.0 Å². The summed E-state index contributed by atoms with van der Waals surface area (Å²) >= 11 is 0. The van der Waals surface area contributed by atoms with Crippen LogP contribution in [0.3, 0.4) is 0 Å². The summed E-state index contributed by atoms with van der Waals surface area (Å²) in [5.74, 6) is 3.27. The quantitative estimate of drug-likeness (QED) is 0.199. The molecule has 0 aliphatic carbocycles. The maximum atomic E-state index is 6.30. The molecule has 0 saturated heterocycles. The van der Waals surface area contributed by atoms with Crippen LogP contribution in [0.25, 0.3) is 27.5 Å². The van der Waals surface area contributed by atoms with Crippen LogP contribution >= 0.6 is 0 Å². The zero-order valence-corrected chi connectivity index (χ0v) is 25.0. The normalized spacial score (nSPS) is 12.9. The minimum atomic E-state index is 0.806. The molecule has 2 aliphatic heterocycles. The van der Waals surface area contributed by atoms with E-state index in [1.165, 1.54) is 0 Å². The number of benzene rings is 7. The van der Waals surface area contributed by atoms with Gasteiger partial charge in [0, 0.05) is 16.5 Å². The highest BCUT2D eigenvalue weighted by Crippen LogP contribution is 2.53. The number of para-hydroxylation sites is 8. The number of anilines is 6. The van der Waals surface area contributed by atoms with E-state index in [2.05, 4.69) is 88.7 Å². The lowest BCUT2D eigenvalue weighted by Crippen LogP contribution is -2.16. The highest BCUT2D eigenvalue weighted by molar-refractivity contribution is 6.12. The van der Waals surface area contributed by atoms with E-state index in [-0.39, 0.29) is 0 Å². The molecule has 0 radical (unpaired) electrons. The molecule has 7 aromatic carbocycles. The van der Waals surface area contributed by atoms with Crippen molar-refractivity contribution >= 4 is 55.9 Å². The predicted octanol–water partition coefficient (Wildman–Crippen LogP) is 10.7. The average molecular weight is 608 g/mol. The van der Waals surface area contributed by atoms with Crippen LogP contribution in [0.4, 0.5) is 34.1 Å². The van der Waals surface area contributed by atoms with Crippen LogP contribution in [0.15, 0.2) is 152 Å².